The molecule has 2 aromatic carbocycles. The van der Waals surface area contributed by atoms with Crippen LogP contribution in [0.3, 0.4) is 0 Å². The second-order valence-electron chi connectivity index (χ2n) is 5.48. The van der Waals surface area contributed by atoms with E-state index in [9.17, 15) is 18.4 Å². The number of halogens is 3. The molecule has 0 saturated heterocycles. The maximum atomic E-state index is 14.2. The molecule has 0 radical (unpaired) electrons. The molecule has 130 valence electrons. The van der Waals surface area contributed by atoms with Gasteiger partial charge in [0.05, 0.1) is 23.9 Å². The SMILES string of the molecule is O=C(O)CC1Sc2cc(F)ccc2N(Cc2ccc(Br)cc2F)C1=O. The van der Waals surface area contributed by atoms with E-state index in [0.717, 1.165) is 11.8 Å². The molecule has 1 aliphatic rings. The van der Waals surface area contributed by atoms with Crippen molar-refractivity contribution in [3.63, 3.8) is 0 Å². The number of nitrogens with zero attached hydrogens (tertiary/aromatic N) is 1. The van der Waals surface area contributed by atoms with Gasteiger partial charge in [-0.1, -0.05) is 22.0 Å². The van der Waals surface area contributed by atoms with Crippen LogP contribution < -0.4 is 4.90 Å². The third-order valence-corrected chi connectivity index (χ3v) is 5.45. The van der Waals surface area contributed by atoms with Gasteiger partial charge in [0.1, 0.15) is 11.6 Å². The van der Waals surface area contributed by atoms with Crippen molar-refractivity contribution in [2.75, 3.05) is 4.90 Å². The predicted molar refractivity (Wildman–Crippen MR) is 93.6 cm³/mol. The lowest BCUT2D eigenvalue weighted by atomic mass is 10.1. The Morgan fingerprint density at radius 3 is 2.68 bits per heavy atom. The number of hydrogen-bond donors (Lipinski definition) is 1. The maximum absolute atomic E-state index is 14.2. The number of benzene rings is 2. The topological polar surface area (TPSA) is 57.6 Å². The Bertz CT molecular complexity index is 862. The van der Waals surface area contributed by atoms with Gasteiger partial charge < -0.3 is 10.0 Å². The molecule has 1 atom stereocenters. The zero-order valence-electron chi connectivity index (χ0n) is 12.7. The zero-order valence-corrected chi connectivity index (χ0v) is 15.1. The largest absolute Gasteiger partial charge is 0.481 e. The van der Waals surface area contributed by atoms with E-state index in [1.54, 1.807) is 12.1 Å². The van der Waals surface area contributed by atoms with E-state index in [1.807, 2.05) is 0 Å². The normalized spacial score (nSPS) is 16.7. The molecular weight excluding hydrogens is 416 g/mol. The summed E-state index contributed by atoms with van der Waals surface area (Å²) in [6.45, 7) is -0.0622. The number of carbonyl (C=O) groups is 2. The van der Waals surface area contributed by atoms with Crippen molar-refractivity contribution in [3.05, 3.63) is 58.1 Å². The van der Waals surface area contributed by atoms with Gasteiger partial charge in [-0.25, -0.2) is 8.78 Å². The zero-order chi connectivity index (χ0) is 18.1. The number of rotatable bonds is 4. The summed E-state index contributed by atoms with van der Waals surface area (Å²) in [6.07, 6.45) is -0.390. The Morgan fingerprint density at radius 1 is 1.24 bits per heavy atom. The number of fused-ring (bicyclic) bond motifs is 1. The highest BCUT2D eigenvalue weighted by Crippen LogP contribution is 2.41. The van der Waals surface area contributed by atoms with Gasteiger partial charge in [0, 0.05) is 14.9 Å². The van der Waals surface area contributed by atoms with E-state index in [0.29, 0.717) is 15.1 Å². The highest BCUT2D eigenvalue weighted by Gasteiger charge is 2.35. The summed E-state index contributed by atoms with van der Waals surface area (Å²) in [5.74, 6) is -2.53. The molecule has 2 aromatic rings. The first-order chi connectivity index (χ1) is 11.8. The Labute approximate surface area is 155 Å². The third-order valence-electron chi connectivity index (χ3n) is 3.73. The molecule has 0 aromatic heterocycles. The minimum Gasteiger partial charge on any atom is -0.481 e. The van der Waals surface area contributed by atoms with Crippen molar-refractivity contribution in [1.82, 2.24) is 0 Å². The highest BCUT2D eigenvalue weighted by atomic mass is 79.9. The standard InChI is InChI=1S/C17H12BrF2NO3S/c18-10-2-1-9(12(20)5-10)8-21-13-4-3-11(19)6-14(13)25-15(17(21)24)7-16(22)23/h1-6,15H,7-8H2,(H,22,23). The van der Waals surface area contributed by atoms with Crippen LogP contribution in [0, 0.1) is 11.6 Å². The fraction of sp³-hybridized carbons (Fsp3) is 0.176. The Kier molecular flexibility index (Phi) is 5.10. The van der Waals surface area contributed by atoms with Crippen molar-refractivity contribution >= 4 is 45.3 Å². The van der Waals surface area contributed by atoms with Crippen LogP contribution in [-0.2, 0) is 16.1 Å². The number of aliphatic carboxylic acids is 1. The second kappa shape index (κ2) is 7.13. The van der Waals surface area contributed by atoms with Gasteiger partial charge in [-0.3, -0.25) is 9.59 Å². The van der Waals surface area contributed by atoms with Crippen molar-refractivity contribution in [3.8, 4) is 0 Å². The summed E-state index contributed by atoms with van der Waals surface area (Å²) in [5.41, 5.74) is 0.730. The van der Waals surface area contributed by atoms with E-state index >= 15 is 0 Å². The van der Waals surface area contributed by atoms with Gasteiger partial charge >= 0.3 is 5.97 Å². The van der Waals surface area contributed by atoms with Crippen LogP contribution in [0.25, 0.3) is 0 Å². The minimum absolute atomic E-state index is 0.0622. The van der Waals surface area contributed by atoms with Gasteiger partial charge in [0.15, 0.2) is 0 Å². The molecule has 1 N–H and O–H groups in total. The van der Waals surface area contributed by atoms with Crippen LogP contribution in [0.5, 0.6) is 0 Å². The van der Waals surface area contributed by atoms with Gasteiger partial charge in [-0.05, 0) is 30.3 Å². The molecule has 1 heterocycles. The van der Waals surface area contributed by atoms with E-state index in [1.165, 1.54) is 29.2 Å². The fourth-order valence-corrected chi connectivity index (χ4v) is 4.15. The first-order valence-corrected chi connectivity index (χ1v) is 8.95. The number of thioether (sulfide) groups is 1. The summed E-state index contributed by atoms with van der Waals surface area (Å²) < 4.78 is 28.3. The predicted octanol–water partition coefficient (Wildman–Crippen LogP) is 4.21. The van der Waals surface area contributed by atoms with E-state index < -0.39 is 35.2 Å². The molecule has 0 bridgehead atoms. The lowest BCUT2D eigenvalue weighted by molar-refractivity contribution is -0.138. The molecular formula is C17H12BrF2NO3S. The first-order valence-electron chi connectivity index (χ1n) is 7.28. The summed E-state index contributed by atoms with van der Waals surface area (Å²) in [6, 6.07) is 8.41. The molecule has 1 amide bonds. The number of hydrogen-bond acceptors (Lipinski definition) is 3. The Hall–Kier alpha value is -1.93. The summed E-state index contributed by atoms with van der Waals surface area (Å²) in [7, 11) is 0. The van der Waals surface area contributed by atoms with Gasteiger partial charge in [0.2, 0.25) is 5.91 Å². The molecule has 3 rings (SSSR count). The lowest BCUT2D eigenvalue weighted by Crippen LogP contribution is -2.41. The first kappa shape index (κ1) is 17.9. The van der Waals surface area contributed by atoms with E-state index in [-0.39, 0.29) is 12.1 Å². The van der Waals surface area contributed by atoms with E-state index in [4.69, 9.17) is 5.11 Å². The van der Waals surface area contributed by atoms with Crippen molar-refractivity contribution < 1.29 is 23.5 Å². The quantitative estimate of drug-likeness (QED) is 0.793. The smallest absolute Gasteiger partial charge is 0.305 e. The fourth-order valence-electron chi connectivity index (χ4n) is 2.57. The molecule has 0 spiro atoms. The number of carboxylic acid groups (broad SMARTS) is 1. The van der Waals surface area contributed by atoms with Crippen LogP contribution in [0.2, 0.25) is 0 Å². The summed E-state index contributed by atoms with van der Waals surface area (Å²) in [5, 5.41) is 8.13. The molecule has 1 unspecified atom stereocenters. The number of carboxylic acids is 1. The molecule has 0 fully saturated rings. The number of carbonyl (C=O) groups excluding carboxylic acids is 1. The minimum atomic E-state index is -1.12. The van der Waals surface area contributed by atoms with Gasteiger partial charge in [-0.2, -0.15) is 0 Å². The van der Waals surface area contributed by atoms with Crippen LogP contribution in [0.1, 0.15) is 12.0 Å². The highest BCUT2D eigenvalue weighted by molar-refractivity contribution is 9.10. The Balaban J connectivity index is 2.00. The van der Waals surface area contributed by atoms with Crippen molar-refractivity contribution in [2.45, 2.75) is 23.1 Å². The second-order valence-corrected chi connectivity index (χ2v) is 7.64. The lowest BCUT2D eigenvalue weighted by Gasteiger charge is -2.33. The van der Waals surface area contributed by atoms with Crippen LogP contribution in [-0.4, -0.2) is 22.2 Å². The number of amides is 1. The van der Waals surface area contributed by atoms with Crippen molar-refractivity contribution in [2.24, 2.45) is 0 Å². The van der Waals surface area contributed by atoms with Crippen molar-refractivity contribution in [1.29, 1.82) is 0 Å². The summed E-state index contributed by atoms with van der Waals surface area (Å²) >= 11 is 4.19. The van der Waals surface area contributed by atoms with Crippen LogP contribution in [0.4, 0.5) is 14.5 Å². The van der Waals surface area contributed by atoms with Gasteiger partial charge in [-0.15, -0.1) is 11.8 Å². The average Bonchev–Trinajstić information content (AvgIpc) is 2.52. The van der Waals surface area contributed by atoms with Gasteiger partial charge in [0.25, 0.3) is 0 Å². The summed E-state index contributed by atoms with van der Waals surface area (Å²) in [4.78, 5) is 25.5. The monoisotopic (exact) mass is 427 g/mol. The maximum Gasteiger partial charge on any atom is 0.305 e. The molecule has 8 heteroatoms. The molecule has 1 aliphatic heterocycles. The van der Waals surface area contributed by atoms with E-state index in [2.05, 4.69) is 15.9 Å². The molecule has 4 nitrogen and oxygen atoms in total. The molecule has 0 aliphatic carbocycles. The van der Waals surface area contributed by atoms with Crippen LogP contribution in [0.15, 0.2) is 45.8 Å². The third kappa shape index (κ3) is 3.85. The Morgan fingerprint density at radius 2 is 2.00 bits per heavy atom. The average molecular weight is 428 g/mol. The molecule has 0 saturated carbocycles. The van der Waals surface area contributed by atoms with Crippen LogP contribution >= 0.6 is 27.7 Å². The molecule has 25 heavy (non-hydrogen) atoms. The number of anilines is 1.